The monoisotopic (exact) mass is 749 g/mol. The standard InChI is InChI=1S/C43H51N5O7/c1-31(50)44-22-6-2-3-9-42(51)45-28-36-7-4-5-8-40(36)33-14-16-35(17-15-33)43-54-39(27-41(55-43)34-12-10-32(30-49)11-13-34)29-46-23-25-47(26-24-46)37-18-20-38(21-19-37)48(52)53/h4-5,7-8,10-21,39,41,43,49H,2-3,6,9,22-30H2,1H3,(H,44,50)(H,45,51)/t39-,41+,43+/m1/s1. The molecule has 2 aliphatic heterocycles. The molecule has 0 saturated carbocycles. The van der Waals surface area contributed by atoms with Crippen molar-refractivity contribution >= 4 is 23.2 Å². The molecule has 0 radical (unpaired) electrons. The molecule has 2 heterocycles. The quantitative estimate of drug-likeness (QED) is 0.0670. The third kappa shape index (κ3) is 11.2. The first-order valence-electron chi connectivity index (χ1n) is 19.2. The highest BCUT2D eigenvalue weighted by Gasteiger charge is 2.34. The number of hydrogen-bond donors (Lipinski definition) is 3. The number of carbonyl (C=O) groups excluding carboxylic acids is 2. The predicted molar refractivity (Wildman–Crippen MR) is 211 cm³/mol. The van der Waals surface area contributed by atoms with E-state index in [0.29, 0.717) is 25.9 Å². The van der Waals surface area contributed by atoms with Gasteiger partial charge in [0.1, 0.15) is 0 Å². The molecule has 12 heteroatoms. The average Bonchev–Trinajstić information content (AvgIpc) is 3.21. The number of ether oxygens (including phenoxy) is 2. The number of rotatable bonds is 16. The van der Waals surface area contributed by atoms with Gasteiger partial charge in [-0.3, -0.25) is 24.6 Å². The number of non-ortho nitro benzene ring substituents is 1. The van der Waals surface area contributed by atoms with Crippen molar-refractivity contribution in [3.05, 3.63) is 129 Å². The molecule has 2 amide bonds. The second-order valence-corrected chi connectivity index (χ2v) is 14.3. The summed E-state index contributed by atoms with van der Waals surface area (Å²) in [6.07, 6.45) is 2.78. The average molecular weight is 750 g/mol. The number of aliphatic hydroxyl groups is 1. The Hall–Kier alpha value is -5.14. The third-order valence-corrected chi connectivity index (χ3v) is 10.3. The number of hydrogen-bond acceptors (Lipinski definition) is 9. The molecule has 55 heavy (non-hydrogen) atoms. The summed E-state index contributed by atoms with van der Waals surface area (Å²) in [6, 6.07) is 31.0. The van der Waals surface area contributed by atoms with Crippen LogP contribution >= 0.6 is 0 Å². The summed E-state index contributed by atoms with van der Waals surface area (Å²) in [6.45, 7) is 6.59. The Morgan fingerprint density at radius 2 is 1.55 bits per heavy atom. The molecule has 4 aromatic rings. The Labute approximate surface area is 322 Å². The molecule has 2 saturated heterocycles. The summed E-state index contributed by atoms with van der Waals surface area (Å²) in [7, 11) is 0. The second kappa shape index (κ2) is 19.4. The largest absolute Gasteiger partial charge is 0.392 e. The van der Waals surface area contributed by atoms with Gasteiger partial charge >= 0.3 is 0 Å². The van der Waals surface area contributed by atoms with Gasteiger partial charge in [-0.05, 0) is 52.8 Å². The number of nitro benzene ring substituents is 1. The van der Waals surface area contributed by atoms with E-state index in [1.807, 2.05) is 66.7 Å². The zero-order valence-corrected chi connectivity index (χ0v) is 31.4. The summed E-state index contributed by atoms with van der Waals surface area (Å²) < 4.78 is 13.3. The Kier molecular flexibility index (Phi) is 14.0. The lowest BCUT2D eigenvalue weighted by Gasteiger charge is -2.41. The fraction of sp³-hybridized carbons (Fsp3) is 0.395. The number of nitrogens with one attached hydrogen (secondary N) is 2. The molecule has 0 aromatic heterocycles. The molecule has 6 rings (SSSR count). The smallest absolute Gasteiger partial charge is 0.269 e. The SMILES string of the molecule is CC(=O)NCCCCCC(=O)NCc1ccccc1-c1ccc([C@H]2O[C@@H](CN3CCN(c4ccc([N+](=O)[O-])cc4)CC3)C[C@@H](c3ccc(CO)cc3)O2)cc1. The van der Waals surface area contributed by atoms with Crippen molar-refractivity contribution < 1.29 is 29.1 Å². The number of unbranched alkanes of at least 4 members (excludes halogenated alkanes) is 2. The molecule has 3 atom stereocenters. The Bertz CT molecular complexity index is 1860. The van der Waals surface area contributed by atoms with Crippen LogP contribution in [0.2, 0.25) is 0 Å². The fourth-order valence-corrected chi connectivity index (χ4v) is 7.20. The summed E-state index contributed by atoms with van der Waals surface area (Å²) >= 11 is 0. The highest BCUT2D eigenvalue weighted by molar-refractivity contribution is 5.76. The maximum Gasteiger partial charge on any atom is 0.269 e. The van der Waals surface area contributed by atoms with Gasteiger partial charge in [0.15, 0.2) is 6.29 Å². The molecule has 0 unspecified atom stereocenters. The van der Waals surface area contributed by atoms with Crippen molar-refractivity contribution in [2.24, 2.45) is 0 Å². The van der Waals surface area contributed by atoms with Crippen LogP contribution < -0.4 is 15.5 Å². The van der Waals surface area contributed by atoms with Crippen molar-refractivity contribution in [1.82, 2.24) is 15.5 Å². The van der Waals surface area contributed by atoms with E-state index in [4.69, 9.17) is 9.47 Å². The lowest BCUT2D eigenvalue weighted by Crippen LogP contribution is -2.49. The number of anilines is 1. The van der Waals surface area contributed by atoms with Crippen molar-refractivity contribution in [2.75, 3.05) is 44.2 Å². The van der Waals surface area contributed by atoms with E-state index in [2.05, 4.69) is 38.6 Å². The number of benzene rings is 4. The molecule has 3 N–H and O–H groups in total. The van der Waals surface area contributed by atoms with Crippen LogP contribution in [0.4, 0.5) is 11.4 Å². The number of aliphatic hydroxyl groups excluding tert-OH is 1. The van der Waals surface area contributed by atoms with Crippen molar-refractivity contribution in [1.29, 1.82) is 0 Å². The van der Waals surface area contributed by atoms with Crippen molar-refractivity contribution in [2.45, 2.75) is 70.7 Å². The van der Waals surface area contributed by atoms with Crippen LogP contribution in [0.15, 0.2) is 97.1 Å². The van der Waals surface area contributed by atoms with Crippen LogP contribution in [0.25, 0.3) is 11.1 Å². The first-order chi connectivity index (χ1) is 26.7. The van der Waals surface area contributed by atoms with Crippen LogP contribution in [-0.4, -0.2) is 72.1 Å². The van der Waals surface area contributed by atoms with Gasteiger partial charge in [0.2, 0.25) is 11.8 Å². The van der Waals surface area contributed by atoms with E-state index < -0.39 is 6.29 Å². The highest BCUT2D eigenvalue weighted by atomic mass is 16.7. The predicted octanol–water partition coefficient (Wildman–Crippen LogP) is 6.43. The number of amides is 2. The zero-order valence-electron chi connectivity index (χ0n) is 31.4. The van der Waals surface area contributed by atoms with Gasteiger partial charge < -0.3 is 30.1 Å². The highest BCUT2D eigenvalue weighted by Crippen LogP contribution is 2.39. The zero-order chi connectivity index (χ0) is 38.6. The summed E-state index contributed by atoms with van der Waals surface area (Å²) in [5.74, 6) is -0.0229. The molecular formula is C43H51N5O7. The van der Waals surface area contributed by atoms with Gasteiger partial charge in [-0.25, -0.2) is 0 Å². The van der Waals surface area contributed by atoms with Crippen LogP contribution in [0.3, 0.4) is 0 Å². The van der Waals surface area contributed by atoms with Crippen molar-refractivity contribution in [3.8, 4) is 11.1 Å². The van der Waals surface area contributed by atoms with Crippen LogP contribution in [0.5, 0.6) is 0 Å². The fourth-order valence-electron chi connectivity index (χ4n) is 7.20. The van der Waals surface area contributed by atoms with Gasteiger partial charge in [-0.15, -0.1) is 0 Å². The molecule has 2 fully saturated rings. The lowest BCUT2D eigenvalue weighted by atomic mass is 9.97. The van der Waals surface area contributed by atoms with Gasteiger partial charge in [-0.1, -0.05) is 79.2 Å². The summed E-state index contributed by atoms with van der Waals surface area (Å²) in [4.78, 5) is 39.0. The van der Waals surface area contributed by atoms with E-state index in [1.165, 1.54) is 6.92 Å². The molecule has 2 aliphatic rings. The Morgan fingerprint density at radius 1 is 0.836 bits per heavy atom. The van der Waals surface area contributed by atoms with Crippen LogP contribution in [-0.2, 0) is 32.2 Å². The number of piperazine rings is 1. The molecule has 0 aliphatic carbocycles. The van der Waals surface area contributed by atoms with Gasteiger partial charge in [0.05, 0.1) is 23.7 Å². The van der Waals surface area contributed by atoms with E-state index in [0.717, 1.165) is 91.1 Å². The minimum absolute atomic E-state index is 0.0118. The molecule has 290 valence electrons. The summed E-state index contributed by atoms with van der Waals surface area (Å²) in [5, 5.41) is 26.6. The first kappa shape index (κ1) is 39.6. The first-order valence-corrected chi connectivity index (χ1v) is 19.2. The molecule has 0 spiro atoms. The number of carbonyl (C=O) groups is 2. The maximum atomic E-state index is 12.6. The molecule has 12 nitrogen and oxygen atoms in total. The third-order valence-electron chi connectivity index (χ3n) is 10.3. The topological polar surface area (TPSA) is 147 Å². The Morgan fingerprint density at radius 3 is 2.24 bits per heavy atom. The van der Waals surface area contributed by atoms with Gasteiger partial charge in [0.25, 0.3) is 5.69 Å². The van der Waals surface area contributed by atoms with Crippen molar-refractivity contribution in [3.63, 3.8) is 0 Å². The van der Waals surface area contributed by atoms with Gasteiger partial charge in [0, 0.05) is 89.0 Å². The molecular weight excluding hydrogens is 699 g/mol. The lowest BCUT2D eigenvalue weighted by molar-refractivity contribution is -0.384. The number of nitro groups is 1. The Balaban J connectivity index is 1.08. The normalized spacial score (nSPS) is 18.8. The van der Waals surface area contributed by atoms with E-state index in [1.54, 1.807) is 12.1 Å². The van der Waals surface area contributed by atoms with E-state index >= 15 is 0 Å². The van der Waals surface area contributed by atoms with E-state index in [-0.39, 0.29) is 41.2 Å². The molecule has 0 bridgehead atoms. The minimum Gasteiger partial charge on any atom is -0.392 e. The summed E-state index contributed by atoms with van der Waals surface area (Å²) in [5.41, 5.74) is 6.98. The van der Waals surface area contributed by atoms with Crippen LogP contribution in [0, 0.1) is 10.1 Å². The second-order valence-electron chi connectivity index (χ2n) is 14.3. The van der Waals surface area contributed by atoms with Crippen LogP contribution in [0.1, 0.15) is 73.7 Å². The van der Waals surface area contributed by atoms with Gasteiger partial charge in [-0.2, -0.15) is 0 Å². The number of nitrogens with zero attached hydrogens (tertiary/aromatic N) is 3. The minimum atomic E-state index is -0.579. The molecule has 4 aromatic carbocycles. The van der Waals surface area contributed by atoms with E-state index in [9.17, 15) is 24.8 Å². The maximum absolute atomic E-state index is 12.6.